The number of imidazole rings is 1. The summed E-state index contributed by atoms with van der Waals surface area (Å²) in [5.74, 6) is 1.97. The van der Waals surface area contributed by atoms with Crippen molar-refractivity contribution in [2.45, 2.75) is 19.3 Å². The third kappa shape index (κ3) is 3.84. The molecule has 5 aromatic carbocycles. The Bertz CT molecular complexity index is 2320. The maximum atomic E-state index is 4.94. The fourth-order valence-electron chi connectivity index (χ4n) is 7.05. The monoisotopic (exact) mass is 579 g/mol. The lowest BCUT2D eigenvalue weighted by Gasteiger charge is -2.22. The van der Waals surface area contributed by atoms with Gasteiger partial charge >= 0.3 is 0 Å². The molecule has 5 nitrogen and oxygen atoms in total. The molecule has 0 unspecified atom stereocenters. The average Bonchev–Trinajstić information content (AvgIpc) is 3.71. The normalized spacial score (nSPS) is 13.3. The first kappa shape index (κ1) is 25.7. The topological polar surface area (TPSA) is 48.0 Å². The van der Waals surface area contributed by atoms with Gasteiger partial charge in [-0.1, -0.05) is 111 Å². The summed E-state index contributed by atoms with van der Waals surface area (Å²) in [5, 5.41) is 0. The van der Waals surface area contributed by atoms with Crippen LogP contribution in [0.5, 0.6) is 0 Å². The largest absolute Gasteiger partial charge is 0.300 e. The summed E-state index contributed by atoms with van der Waals surface area (Å²) in [7, 11) is 0. The zero-order valence-corrected chi connectivity index (χ0v) is 25.0. The van der Waals surface area contributed by atoms with Crippen LogP contribution in [0.4, 0.5) is 0 Å². The second-order valence-electron chi connectivity index (χ2n) is 12.2. The Labute approximate surface area is 261 Å². The minimum atomic E-state index is -0.126. The molecule has 0 saturated heterocycles. The summed E-state index contributed by atoms with van der Waals surface area (Å²) in [4.78, 5) is 14.7. The molecule has 0 amide bonds. The van der Waals surface area contributed by atoms with E-state index in [0.717, 1.165) is 22.4 Å². The minimum absolute atomic E-state index is 0.126. The highest BCUT2D eigenvalue weighted by molar-refractivity contribution is 5.94. The Morgan fingerprint density at radius 2 is 1.00 bits per heavy atom. The van der Waals surface area contributed by atoms with Crippen molar-refractivity contribution in [2.24, 2.45) is 0 Å². The van der Waals surface area contributed by atoms with Crippen LogP contribution in [0.1, 0.15) is 25.0 Å². The molecule has 0 fully saturated rings. The quantitative estimate of drug-likeness (QED) is 0.209. The summed E-state index contributed by atoms with van der Waals surface area (Å²) in [6, 6.07) is 46.3. The highest BCUT2D eigenvalue weighted by Gasteiger charge is 2.40. The molecule has 9 rings (SSSR count). The van der Waals surface area contributed by atoms with E-state index in [1.165, 1.54) is 38.9 Å². The summed E-state index contributed by atoms with van der Waals surface area (Å²) >= 11 is 0. The van der Waals surface area contributed by atoms with Crippen molar-refractivity contribution in [3.8, 4) is 51.0 Å². The van der Waals surface area contributed by atoms with E-state index in [2.05, 4.69) is 102 Å². The van der Waals surface area contributed by atoms with Crippen molar-refractivity contribution in [3.05, 3.63) is 151 Å². The van der Waals surface area contributed by atoms with E-state index < -0.39 is 0 Å². The van der Waals surface area contributed by atoms with Crippen molar-refractivity contribution < 1.29 is 0 Å². The fraction of sp³-hybridized carbons (Fsp3) is 0.0750. The van der Waals surface area contributed by atoms with Gasteiger partial charge in [-0.2, -0.15) is 0 Å². The van der Waals surface area contributed by atoms with Gasteiger partial charge in [-0.15, -0.1) is 0 Å². The van der Waals surface area contributed by atoms with Crippen LogP contribution in [0, 0.1) is 0 Å². The fourth-order valence-corrected chi connectivity index (χ4v) is 7.05. The maximum absolute atomic E-state index is 4.94. The van der Waals surface area contributed by atoms with Gasteiger partial charge in [-0.25, -0.2) is 15.0 Å². The Morgan fingerprint density at radius 3 is 1.62 bits per heavy atom. The predicted molar refractivity (Wildman–Crippen MR) is 181 cm³/mol. The molecule has 0 spiro atoms. The zero-order valence-electron chi connectivity index (χ0n) is 25.0. The van der Waals surface area contributed by atoms with E-state index in [1.807, 2.05) is 60.7 Å². The molecule has 0 atom stereocenters. The van der Waals surface area contributed by atoms with Gasteiger partial charge in [0.05, 0.1) is 11.0 Å². The summed E-state index contributed by atoms with van der Waals surface area (Å²) in [6.45, 7) is 4.69. The molecule has 0 radical (unpaired) electrons. The summed E-state index contributed by atoms with van der Waals surface area (Å²) in [5.41, 5.74) is 12.8. The van der Waals surface area contributed by atoms with Gasteiger partial charge in [0, 0.05) is 45.1 Å². The van der Waals surface area contributed by atoms with Crippen molar-refractivity contribution >= 4 is 16.7 Å². The van der Waals surface area contributed by atoms with Crippen molar-refractivity contribution in [3.63, 3.8) is 0 Å². The molecule has 1 aliphatic rings. The van der Waals surface area contributed by atoms with Gasteiger partial charge in [-0.05, 0) is 47.5 Å². The number of nitrogens with zero attached hydrogens (tertiary/aromatic N) is 5. The first-order valence-electron chi connectivity index (χ1n) is 15.3. The molecule has 3 heterocycles. The molecule has 0 bridgehead atoms. The van der Waals surface area contributed by atoms with Crippen molar-refractivity contribution in [1.82, 2.24) is 23.9 Å². The highest BCUT2D eigenvalue weighted by atomic mass is 15.1. The van der Waals surface area contributed by atoms with E-state index in [0.29, 0.717) is 17.5 Å². The second-order valence-corrected chi connectivity index (χ2v) is 12.2. The molecule has 3 aromatic heterocycles. The van der Waals surface area contributed by atoms with Gasteiger partial charge < -0.3 is 0 Å². The number of fused-ring (bicyclic) bond motifs is 7. The van der Waals surface area contributed by atoms with Crippen LogP contribution >= 0.6 is 0 Å². The van der Waals surface area contributed by atoms with E-state index in [9.17, 15) is 0 Å². The van der Waals surface area contributed by atoms with Gasteiger partial charge in [0.2, 0.25) is 0 Å². The second kappa shape index (κ2) is 9.60. The average molecular weight is 580 g/mol. The predicted octanol–water partition coefficient (Wildman–Crippen LogP) is 9.38. The third-order valence-corrected chi connectivity index (χ3v) is 9.17. The van der Waals surface area contributed by atoms with Crippen molar-refractivity contribution in [2.75, 3.05) is 0 Å². The SMILES string of the molecule is CC1(C)c2ccccc2-c2cn3c4ccccc4n(-c4ccc(-c5nc(-c6ccccc6)nc(-c6ccccc6)n5)cc4)c3c21. The summed E-state index contributed by atoms with van der Waals surface area (Å²) < 4.78 is 4.78. The standard InChI is InChI=1S/C40H29N5/c1-40(2)32-18-10-9-17-30(32)31-25-44-33-19-11-12-20-34(33)45(39(44)35(31)40)29-23-21-28(22-24-29)38-42-36(26-13-5-3-6-14-26)41-37(43-38)27-15-7-4-8-16-27/h3-25H,1-2H3. The number of rotatable bonds is 4. The molecule has 1 aliphatic carbocycles. The lowest BCUT2D eigenvalue weighted by molar-refractivity contribution is 0.663. The van der Waals surface area contributed by atoms with E-state index in [4.69, 9.17) is 15.0 Å². The van der Waals surface area contributed by atoms with Gasteiger partial charge in [-0.3, -0.25) is 8.97 Å². The van der Waals surface area contributed by atoms with E-state index in [1.54, 1.807) is 0 Å². The molecular weight excluding hydrogens is 550 g/mol. The summed E-state index contributed by atoms with van der Waals surface area (Å²) in [6.07, 6.45) is 2.33. The van der Waals surface area contributed by atoms with E-state index in [-0.39, 0.29) is 5.41 Å². The molecule has 0 N–H and O–H groups in total. The van der Waals surface area contributed by atoms with Crippen LogP contribution in [-0.4, -0.2) is 23.9 Å². The lowest BCUT2D eigenvalue weighted by Crippen LogP contribution is -2.16. The zero-order chi connectivity index (χ0) is 30.1. The van der Waals surface area contributed by atoms with Crippen LogP contribution in [0.3, 0.4) is 0 Å². The van der Waals surface area contributed by atoms with Gasteiger partial charge in [0.1, 0.15) is 5.65 Å². The maximum Gasteiger partial charge on any atom is 0.164 e. The number of hydrogen-bond acceptors (Lipinski definition) is 3. The van der Waals surface area contributed by atoms with E-state index >= 15 is 0 Å². The Balaban J connectivity index is 1.22. The van der Waals surface area contributed by atoms with Crippen LogP contribution in [0.25, 0.3) is 67.7 Å². The number of hydrogen-bond donors (Lipinski definition) is 0. The van der Waals surface area contributed by atoms with Crippen LogP contribution in [0.2, 0.25) is 0 Å². The van der Waals surface area contributed by atoms with Gasteiger partial charge in [0.25, 0.3) is 0 Å². The smallest absolute Gasteiger partial charge is 0.164 e. The molecule has 45 heavy (non-hydrogen) atoms. The Morgan fingerprint density at radius 1 is 0.489 bits per heavy atom. The first-order chi connectivity index (χ1) is 22.1. The number of benzene rings is 5. The Kier molecular flexibility index (Phi) is 5.47. The number of para-hydroxylation sites is 2. The minimum Gasteiger partial charge on any atom is -0.300 e. The first-order valence-corrected chi connectivity index (χ1v) is 15.3. The van der Waals surface area contributed by atoms with Crippen LogP contribution in [-0.2, 0) is 5.41 Å². The van der Waals surface area contributed by atoms with Crippen molar-refractivity contribution in [1.29, 1.82) is 0 Å². The van der Waals surface area contributed by atoms with Crippen LogP contribution in [0.15, 0.2) is 140 Å². The van der Waals surface area contributed by atoms with Crippen LogP contribution < -0.4 is 0 Å². The third-order valence-electron chi connectivity index (χ3n) is 9.17. The molecule has 0 aliphatic heterocycles. The molecular formula is C40H29N5. The van der Waals surface area contributed by atoms with Gasteiger partial charge in [0.15, 0.2) is 17.5 Å². The molecule has 0 saturated carbocycles. The Hall–Kier alpha value is -5.81. The number of aromatic nitrogens is 5. The molecule has 5 heteroatoms. The lowest BCUT2D eigenvalue weighted by atomic mass is 9.83. The molecule has 8 aromatic rings. The molecule has 214 valence electrons. The highest BCUT2D eigenvalue weighted by Crippen LogP contribution is 2.52.